The van der Waals surface area contributed by atoms with E-state index in [2.05, 4.69) is 28.9 Å². The summed E-state index contributed by atoms with van der Waals surface area (Å²) in [4.78, 5) is 5.04. The van der Waals surface area contributed by atoms with Gasteiger partial charge in [-0.15, -0.1) is 0 Å². The SMILES string of the molecule is CC(c1ccc(OC2CC(CN3CCOCC3)C2)cc1Cl)N1CCCC1. The Morgan fingerprint density at radius 3 is 2.58 bits per heavy atom. The largest absolute Gasteiger partial charge is 0.490 e. The molecule has 4 rings (SSSR count). The zero-order chi connectivity index (χ0) is 17.9. The number of likely N-dealkylation sites (tertiary alicyclic amines) is 1. The Morgan fingerprint density at radius 2 is 1.88 bits per heavy atom. The molecule has 3 aliphatic rings. The number of nitrogens with zero attached hydrogens (tertiary/aromatic N) is 2. The minimum atomic E-state index is 0.346. The molecule has 0 radical (unpaired) electrons. The lowest BCUT2D eigenvalue weighted by Gasteiger charge is -2.39. The smallest absolute Gasteiger partial charge is 0.121 e. The predicted molar refractivity (Wildman–Crippen MR) is 105 cm³/mol. The van der Waals surface area contributed by atoms with Crippen molar-refractivity contribution >= 4 is 11.6 Å². The van der Waals surface area contributed by atoms with E-state index in [1.54, 1.807) is 0 Å². The highest BCUT2D eigenvalue weighted by Gasteiger charge is 2.32. The summed E-state index contributed by atoms with van der Waals surface area (Å²) in [5.41, 5.74) is 1.22. The van der Waals surface area contributed by atoms with Crippen LogP contribution in [0.3, 0.4) is 0 Å². The molecule has 0 aromatic heterocycles. The van der Waals surface area contributed by atoms with Gasteiger partial charge in [0.15, 0.2) is 0 Å². The summed E-state index contributed by atoms with van der Waals surface area (Å²) in [6.45, 7) is 9.74. The Hall–Kier alpha value is -0.810. The lowest BCUT2D eigenvalue weighted by molar-refractivity contribution is 0.000134. The molecule has 3 fully saturated rings. The molecular formula is C21H31ClN2O2. The predicted octanol–water partition coefficient (Wildman–Crippen LogP) is 3.99. The number of hydrogen-bond donors (Lipinski definition) is 0. The van der Waals surface area contributed by atoms with Crippen LogP contribution < -0.4 is 4.74 Å². The van der Waals surface area contributed by atoms with Crippen LogP contribution in [0.5, 0.6) is 5.75 Å². The molecule has 2 aliphatic heterocycles. The zero-order valence-electron chi connectivity index (χ0n) is 15.8. The number of halogens is 1. The van der Waals surface area contributed by atoms with Crippen LogP contribution in [0.4, 0.5) is 0 Å². The van der Waals surface area contributed by atoms with Crippen molar-refractivity contribution in [1.82, 2.24) is 9.80 Å². The van der Waals surface area contributed by atoms with E-state index in [1.807, 2.05) is 6.07 Å². The lowest BCUT2D eigenvalue weighted by Crippen LogP contribution is -2.45. The molecule has 0 N–H and O–H groups in total. The zero-order valence-corrected chi connectivity index (χ0v) is 16.6. The Kier molecular flexibility index (Phi) is 6.04. The van der Waals surface area contributed by atoms with E-state index in [-0.39, 0.29) is 0 Å². The van der Waals surface area contributed by atoms with Crippen molar-refractivity contribution in [2.45, 2.75) is 44.8 Å². The first-order valence-electron chi connectivity index (χ1n) is 10.2. The molecule has 2 saturated heterocycles. The van der Waals surface area contributed by atoms with E-state index in [1.165, 1.54) is 38.0 Å². The van der Waals surface area contributed by atoms with Gasteiger partial charge in [-0.1, -0.05) is 17.7 Å². The first-order chi connectivity index (χ1) is 12.7. The number of morpholine rings is 1. The molecule has 1 saturated carbocycles. The maximum Gasteiger partial charge on any atom is 0.121 e. The normalized spacial score (nSPS) is 28.7. The molecule has 1 aliphatic carbocycles. The Balaban J connectivity index is 1.26. The van der Waals surface area contributed by atoms with Gasteiger partial charge in [-0.05, 0) is 69.3 Å². The van der Waals surface area contributed by atoms with Crippen LogP contribution in [-0.4, -0.2) is 61.8 Å². The van der Waals surface area contributed by atoms with Crippen LogP contribution in [0.25, 0.3) is 0 Å². The molecule has 1 aromatic carbocycles. The number of benzene rings is 1. The number of hydrogen-bond acceptors (Lipinski definition) is 4. The average Bonchev–Trinajstić information content (AvgIpc) is 3.15. The third-order valence-electron chi connectivity index (χ3n) is 6.23. The molecule has 26 heavy (non-hydrogen) atoms. The second-order valence-corrected chi connectivity index (χ2v) is 8.50. The molecule has 4 nitrogen and oxygen atoms in total. The first-order valence-corrected chi connectivity index (χ1v) is 10.6. The van der Waals surface area contributed by atoms with E-state index < -0.39 is 0 Å². The molecule has 144 valence electrons. The van der Waals surface area contributed by atoms with E-state index >= 15 is 0 Å². The monoisotopic (exact) mass is 378 g/mol. The van der Waals surface area contributed by atoms with Crippen LogP contribution in [-0.2, 0) is 4.74 Å². The molecule has 0 bridgehead atoms. The highest BCUT2D eigenvalue weighted by atomic mass is 35.5. The summed E-state index contributed by atoms with van der Waals surface area (Å²) in [6.07, 6.45) is 5.26. The van der Waals surface area contributed by atoms with Crippen molar-refractivity contribution in [3.05, 3.63) is 28.8 Å². The van der Waals surface area contributed by atoms with Gasteiger partial charge in [0, 0.05) is 30.7 Å². The number of ether oxygens (including phenoxy) is 2. The van der Waals surface area contributed by atoms with Crippen LogP contribution >= 0.6 is 11.6 Å². The maximum absolute atomic E-state index is 6.58. The molecule has 2 heterocycles. The number of rotatable bonds is 6. The van der Waals surface area contributed by atoms with Gasteiger partial charge < -0.3 is 9.47 Å². The summed E-state index contributed by atoms with van der Waals surface area (Å²) in [5, 5.41) is 0.839. The molecule has 0 spiro atoms. The summed E-state index contributed by atoms with van der Waals surface area (Å²) in [6, 6.07) is 6.66. The standard InChI is InChI=1S/C21H31ClN2O2/c1-16(24-6-2-3-7-24)20-5-4-18(14-21(20)22)26-19-12-17(13-19)15-23-8-10-25-11-9-23/h4-5,14,16-17,19H,2-3,6-13,15H2,1H3. The Bertz CT molecular complexity index is 594. The van der Waals surface area contributed by atoms with Crippen LogP contribution in [0.15, 0.2) is 18.2 Å². The third kappa shape index (κ3) is 4.36. The van der Waals surface area contributed by atoms with Gasteiger partial charge in [0.2, 0.25) is 0 Å². The third-order valence-corrected chi connectivity index (χ3v) is 6.55. The Morgan fingerprint density at radius 1 is 1.15 bits per heavy atom. The van der Waals surface area contributed by atoms with Crippen molar-refractivity contribution < 1.29 is 9.47 Å². The summed E-state index contributed by atoms with van der Waals surface area (Å²) in [5.74, 6) is 1.69. The molecule has 0 amide bonds. The molecule has 1 unspecified atom stereocenters. The van der Waals surface area contributed by atoms with Gasteiger partial charge in [0.1, 0.15) is 5.75 Å². The Labute approximate surface area is 162 Å². The van der Waals surface area contributed by atoms with Gasteiger partial charge in [0.25, 0.3) is 0 Å². The van der Waals surface area contributed by atoms with Crippen molar-refractivity contribution in [1.29, 1.82) is 0 Å². The molecule has 1 aromatic rings. The average molecular weight is 379 g/mol. The molecular weight excluding hydrogens is 348 g/mol. The van der Waals surface area contributed by atoms with E-state index in [9.17, 15) is 0 Å². The maximum atomic E-state index is 6.58. The minimum absolute atomic E-state index is 0.346. The highest BCUT2D eigenvalue weighted by molar-refractivity contribution is 6.31. The quantitative estimate of drug-likeness (QED) is 0.747. The molecule has 5 heteroatoms. The highest BCUT2D eigenvalue weighted by Crippen LogP contribution is 2.36. The summed E-state index contributed by atoms with van der Waals surface area (Å²) < 4.78 is 11.6. The van der Waals surface area contributed by atoms with Crippen molar-refractivity contribution in [2.75, 3.05) is 45.9 Å². The van der Waals surface area contributed by atoms with E-state index in [4.69, 9.17) is 21.1 Å². The summed E-state index contributed by atoms with van der Waals surface area (Å²) in [7, 11) is 0. The van der Waals surface area contributed by atoms with E-state index in [0.717, 1.165) is 55.8 Å². The second-order valence-electron chi connectivity index (χ2n) is 8.09. The van der Waals surface area contributed by atoms with Gasteiger partial charge >= 0.3 is 0 Å². The van der Waals surface area contributed by atoms with Crippen LogP contribution in [0.2, 0.25) is 5.02 Å². The lowest BCUT2D eigenvalue weighted by atomic mass is 9.82. The minimum Gasteiger partial charge on any atom is -0.490 e. The van der Waals surface area contributed by atoms with Gasteiger partial charge in [0.05, 0.1) is 19.3 Å². The van der Waals surface area contributed by atoms with E-state index in [0.29, 0.717) is 12.1 Å². The van der Waals surface area contributed by atoms with Crippen LogP contribution in [0.1, 0.15) is 44.2 Å². The van der Waals surface area contributed by atoms with Gasteiger partial charge in [-0.3, -0.25) is 9.80 Å². The van der Waals surface area contributed by atoms with Crippen molar-refractivity contribution in [3.8, 4) is 5.75 Å². The van der Waals surface area contributed by atoms with Crippen LogP contribution in [0, 0.1) is 5.92 Å². The fourth-order valence-electron chi connectivity index (χ4n) is 4.51. The summed E-state index contributed by atoms with van der Waals surface area (Å²) >= 11 is 6.58. The van der Waals surface area contributed by atoms with Crippen molar-refractivity contribution in [2.24, 2.45) is 5.92 Å². The van der Waals surface area contributed by atoms with Gasteiger partial charge in [-0.2, -0.15) is 0 Å². The second kappa shape index (κ2) is 8.47. The fraction of sp³-hybridized carbons (Fsp3) is 0.714. The fourth-order valence-corrected chi connectivity index (χ4v) is 4.84. The topological polar surface area (TPSA) is 24.9 Å². The van der Waals surface area contributed by atoms with Crippen molar-refractivity contribution in [3.63, 3.8) is 0 Å². The molecule has 1 atom stereocenters. The van der Waals surface area contributed by atoms with Gasteiger partial charge in [-0.25, -0.2) is 0 Å². The first kappa shape index (κ1) is 18.5.